The molecule has 0 aromatic carbocycles. The molecule has 0 amide bonds. The van der Waals surface area contributed by atoms with E-state index in [0.717, 1.165) is 0 Å². The standard InChI is InChI=1S/C9H13F2NO2.C2HF3O2/c10-9(11)3-1-8(2-4-9)5-12-6(8)7(13)14;3-2(4,5)1(6)7/h6,12H,1-5H2,(H,13,14);(H,6,7). The van der Waals surface area contributed by atoms with Crippen LogP contribution in [0, 0.1) is 5.41 Å². The summed E-state index contributed by atoms with van der Waals surface area (Å²) in [5.74, 6) is -6.25. The molecule has 2 aliphatic rings. The molecule has 10 heteroatoms. The van der Waals surface area contributed by atoms with Gasteiger partial charge in [-0.25, -0.2) is 13.6 Å². The number of alkyl halides is 5. The van der Waals surface area contributed by atoms with E-state index in [0.29, 0.717) is 19.4 Å². The first-order valence-corrected chi connectivity index (χ1v) is 6.04. The normalized spacial score (nSPS) is 26.2. The quantitative estimate of drug-likeness (QED) is 0.642. The van der Waals surface area contributed by atoms with Crippen molar-refractivity contribution in [3.63, 3.8) is 0 Å². The van der Waals surface area contributed by atoms with Crippen molar-refractivity contribution >= 4 is 11.9 Å². The Morgan fingerprint density at radius 1 is 1.05 bits per heavy atom. The molecule has 0 bridgehead atoms. The number of nitrogens with one attached hydrogen (secondary N) is 1. The van der Waals surface area contributed by atoms with Gasteiger partial charge in [0, 0.05) is 24.8 Å². The van der Waals surface area contributed by atoms with Gasteiger partial charge >= 0.3 is 18.1 Å². The van der Waals surface area contributed by atoms with Crippen molar-refractivity contribution in [2.24, 2.45) is 5.41 Å². The maximum absolute atomic E-state index is 12.9. The molecule has 1 unspecified atom stereocenters. The third-order valence-electron chi connectivity index (χ3n) is 3.74. The average Bonchev–Trinajstić information content (AvgIpc) is 2.26. The Bertz CT molecular complexity index is 413. The number of carbonyl (C=O) groups is 2. The van der Waals surface area contributed by atoms with Gasteiger partial charge in [-0.05, 0) is 12.8 Å². The Hall–Kier alpha value is -1.45. The van der Waals surface area contributed by atoms with Gasteiger partial charge in [0.1, 0.15) is 6.04 Å². The Morgan fingerprint density at radius 2 is 1.48 bits per heavy atom. The molecular weight excluding hydrogens is 305 g/mol. The highest BCUT2D eigenvalue weighted by Crippen LogP contribution is 2.48. The molecule has 1 atom stereocenters. The summed E-state index contributed by atoms with van der Waals surface area (Å²) < 4.78 is 57.5. The van der Waals surface area contributed by atoms with Crippen LogP contribution < -0.4 is 5.32 Å². The minimum absolute atomic E-state index is 0.168. The largest absolute Gasteiger partial charge is 0.490 e. The van der Waals surface area contributed by atoms with Crippen LogP contribution in [0.5, 0.6) is 0 Å². The molecule has 2 fully saturated rings. The topological polar surface area (TPSA) is 86.6 Å². The molecule has 1 heterocycles. The molecular formula is C11H14F5NO4. The maximum atomic E-state index is 12.9. The lowest BCUT2D eigenvalue weighted by atomic mass is 9.63. The van der Waals surface area contributed by atoms with Gasteiger partial charge in [-0.15, -0.1) is 0 Å². The summed E-state index contributed by atoms with van der Waals surface area (Å²) in [6, 6.07) is -0.612. The van der Waals surface area contributed by atoms with Crippen LogP contribution in [0.4, 0.5) is 22.0 Å². The summed E-state index contributed by atoms with van der Waals surface area (Å²) >= 11 is 0. The van der Waals surface area contributed by atoms with Gasteiger partial charge in [0.25, 0.3) is 0 Å². The van der Waals surface area contributed by atoms with E-state index in [2.05, 4.69) is 5.32 Å². The molecule has 1 spiro atoms. The molecule has 3 N–H and O–H groups in total. The van der Waals surface area contributed by atoms with Gasteiger partial charge in [-0.3, -0.25) is 4.79 Å². The Labute approximate surface area is 116 Å². The number of hydrogen-bond donors (Lipinski definition) is 3. The van der Waals surface area contributed by atoms with Crippen molar-refractivity contribution in [2.75, 3.05) is 6.54 Å². The Morgan fingerprint density at radius 3 is 1.71 bits per heavy atom. The van der Waals surface area contributed by atoms with Crippen molar-refractivity contribution < 1.29 is 41.8 Å². The lowest BCUT2D eigenvalue weighted by Gasteiger charge is -2.51. The summed E-state index contributed by atoms with van der Waals surface area (Å²) in [5.41, 5.74) is -0.395. The van der Waals surface area contributed by atoms with E-state index in [1.54, 1.807) is 0 Å². The number of halogens is 5. The van der Waals surface area contributed by atoms with E-state index in [1.807, 2.05) is 0 Å². The molecule has 2 rings (SSSR count). The van der Waals surface area contributed by atoms with Crippen LogP contribution in [-0.4, -0.2) is 46.8 Å². The molecule has 1 aliphatic carbocycles. The monoisotopic (exact) mass is 319 g/mol. The van der Waals surface area contributed by atoms with Gasteiger partial charge in [0.15, 0.2) is 0 Å². The van der Waals surface area contributed by atoms with Crippen molar-refractivity contribution in [2.45, 2.75) is 43.8 Å². The number of carboxylic acid groups (broad SMARTS) is 2. The number of carboxylic acids is 2. The summed E-state index contributed by atoms with van der Waals surface area (Å²) in [5, 5.41) is 18.7. The van der Waals surface area contributed by atoms with E-state index in [1.165, 1.54) is 0 Å². The smallest absolute Gasteiger partial charge is 0.480 e. The molecule has 21 heavy (non-hydrogen) atoms. The van der Waals surface area contributed by atoms with Crippen molar-refractivity contribution in [1.29, 1.82) is 0 Å². The predicted molar refractivity (Wildman–Crippen MR) is 59.0 cm³/mol. The highest BCUT2D eigenvalue weighted by atomic mass is 19.4. The Kier molecular flexibility index (Phi) is 4.81. The molecule has 0 radical (unpaired) electrons. The van der Waals surface area contributed by atoms with E-state index < -0.39 is 35.5 Å². The number of hydrogen-bond acceptors (Lipinski definition) is 3. The van der Waals surface area contributed by atoms with Crippen LogP contribution in [0.25, 0.3) is 0 Å². The average molecular weight is 319 g/mol. The van der Waals surface area contributed by atoms with E-state index >= 15 is 0 Å². The lowest BCUT2D eigenvalue weighted by Crippen LogP contribution is -2.67. The molecule has 1 aliphatic heterocycles. The van der Waals surface area contributed by atoms with Crippen molar-refractivity contribution in [3.8, 4) is 0 Å². The van der Waals surface area contributed by atoms with Crippen molar-refractivity contribution in [1.82, 2.24) is 5.32 Å². The van der Waals surface area contributed by atoms with Gasteiger partial charge in [-0.1, -0.05) is 0 Å². The third-order valence-corrected chi connectivity index (χ3v) is 3.74. The number of rotatable bonds is 1. The van der Waals surface area contributed by atoms with Gasteiger partial charge in [-0.2, -0.15) is 13.2 Å². The number of aliphatic carboxylic acids is 2. The summed E-state index contributed by atoms with van der Waals surface area (Å²) in [7, 11) is 0. The van der Waals surface area contributed by atoms with E-state index in [9.17, 15) is 26.7 Å². The van der Waals surface area contributed by atoms with Crippen LogP contribution in [-0.2, 0) is 9.59 Å². The van der Waals surface area contributed by atoms with Crippen LogP contribution in [0.15, 0.2) is 0 Å². The zero-order valence-electron chi connectivity index (χ0n) is 10.7. The lowest BCUT2D eigenvalue weighted by molar-refractivity contribution is -0.192. The SMILES string of the molecule is O=C(O)C(F)(F)F.O=C(O)C1NCC12CCC(F)(F)CC2. The summed E-state index contributed by atoms with van der Waals surface area (Å²) in [4.78, 5) is 19.7. The van der Waals surface area contributed by atoms with Crippen LogP contribution in [0.3, 0.4) is 0 Å². The first kappa shape index (κ1) is 17.6. The van der Waals surface area contributed by atoms with Gasteiger partial charge < -0.3 is 15.5 Å². The van der Waals surface area contributed by atoms with Crippen LogP contribution >= 0.6 is 0 Å². The van der Waals surface area contributed by atoms with Crippen molar-refractivity contribution in [3.05, 3.63) is 0 Å². The molecule has 0 aromatic rings. The molecule has 122 valence electrons. The molecule has 1 saturated carbocycles. The highest BCUT2D eigenvalue weighted by Gasteiger charge is 2.55. The van der Waals surface area contributed by atoms with Crippen LogP contribution in [0.2, 0.25) is 0 Å². The fourth-order valence-electron chi connectivity index (χ4n) is 2.42. The van der Waals surface area contributed by atoms with Gasteiger partial charge in [0.05, 0.1) is 0 Å². The van der Waals surface area contributed by atoms with Gasteiger partial charge in [0.2, 0.25) is 5.92 Å². The fourth-order valence-corrected chi connectivity index (χ4v) is 2.42. The third kappa shape index (κ3) is 4.26. The summed E-state index contributed by atoms with van der Waals surface area (Å²) in [6.45, 7) is 0.569. The highest BCUT2D eigenvalue weighted by molar-refractivity contribution is 5.76. The van der Waals surface area contributed by atoms with E-state index in [-0.39, 0.29) is 12.8 Å². The molecule has 0 aromatic heterocycles. The minimum Gasteiger partial charge on any atom is -0.480 e. The zero-order valence-corrected chi connectivity index (χ0v) is 10.7. The minimum atomic E-state index is -5.08. The predicted octanol–water partition coefficient (Wildman–Crippen LogP) is 1.87. The second kappa shape index (κ2) is 5.74. The second-order valence-electron chi connectivity index (χ2n) is 5.17. The summed E-state index contributed by atoms with van der Waals surface area (Å²) in [6.07, 6.45) is -4.77. The van der Waals surface area contributed by atoms with E-state index in [4.69, 9.17) is 15.0 Å². The maximum Gasteiger partial charge on any atom is 0.490 e. The first-order chi connectivity index (χ1) is 9.40. The molecule has 5 nitrogen and oxygen atoms in total. The molecule has 1 saturated heterocycles. The fraction of sp³-hybridized carbons (Fsp3) is 0.818. The second-order valence-corrected chi connectivity index (χ2v) is 5.17. The Balaban J connectivity index is 0.000000270. The zero-order chi connectivity index (χ0) is 16.5. The first-order valence-electron chi connectivity index (χ1n) is 6.04. The van der Waals surface area contributed by atoms with Crippen LogP contribution in [0.1, 0.15) is 25.7 Å².